The van der Waals surface area contributed by atoms with E-state index in [0.29, 0.717) is 18.7 Å². The van der Waals surface area contributed by atoms with E-state index in [1.807, 2.05) is 11.8 Å². The number of sulfone groups is 1. The van der Waals surface area contributed by atoms with E-state index in [4.69, 9.17) is 10.9 Å². The molecule has 0 bridgehead atoms. The first kappa shape index (κ1) is 14.6. The quantitative estimate of drug-likeness (QED) is 0.324. The van der Waals surface area contributed by atoms with E-state index < -0.39 is 15.2 Å². The van der Waals surface area contributed by atoms with Gasteiger partial charge in [-0.25, -0.2) is 8.42 Å². The van der Waals surface area contributed by atoms with Crippen LogP contribution in [0.5, 0.6) is 0 Å². The van der Waals surface area contributed by atoms with Crippen LogP contribution in [0.1, 0.15) is 13.3 Å². The topological polar surface area (TPSA) is 96.0 Å². The lowest BCUT2D eigenvalue weighted by atomic mass is 10.1. The Labute approximate surface area is 106 Å². The molecule has 1 rings (SSSR count). The summed E-state index contributed by atoms with van der Waals surface area (Å²) in [4.78, 5) is 1.82. The molecule has 2 atom stereocenters. The van der Waals surface area contributed by atoms with Crippen molar-refractivity contribution in [2.75, 3.05) is 24.3 Å². The number of nitrogens with zero attached hydrogens (tertiary/aromatic N) is 2. The summed E-state index contributed by atoms with van der Waals surface area (Å²) in [6, 6.07) is -0.319. The smallest absolute Gasteiger partial charge is 0.164 e. The monoisotopic (exact) mass is 281 g/mol. The Morgan fingerprint density at radius 1 is 1.71 bits per heavy atom. The zero-order valence-electron chi connectivity index (χ0n) is 10.0. The van der Waals surface area contributed by atoms with Gasteiger partial charge in [0.15, 0.2) is 15.7 Å². The van der Waals surface area contributed by atoms with Gasteiger partial charge in [-0.1, -0.05) is 12.1 Å². The summed E-state index contributed by atoms with van der Waals surface area (Å²) in [7, 11) is -3.16. The second kappa shape index (κ2) is 5.92. The number of rotatable bonds is 4. The van der Waals surface area contributed by atoms with Gasteiger partial charge in [0.1, 0.15) is 5.37 Å². The second-order valence-electron chi connectivity index (χ2n) is 4.05. The van der Waals surface area contributed by atoms with Gasteiger partial charge in [-0.05, 0) is 6.42 Å². The Hall–Kier alpha value is -0.470. The van der Waals surface area contributed by atoms with Crippen molar-refractivity contribution in [1.29, 1.82) is 0 Å². The van der Waals surface area contributed by atoms with Crippen molar-refractivity contribution in [3.8, 4) is 0 Å². The predicted molar refractivity (Wildman–Crippen MR) is 70.2 cm³/mol. The standard InChI is InChI=1S/C9H19N3O3S2/c1-3-7(9(10)11-13)12-4-5-16-6-8(12)17(2,14)15/h7-8,13H,3-6H2,1-2H3,(H2,10,11). The Morgan fingerprint density at radius 3 is 2.82 bits per heavy atom. The minimum absolute atomic E-state index is 0.0769. The molecule has 0 saturated carbocycles. The molecule has 8 heteroatoms. The number of amidine groups is 1. The molecule has 0 aliphatic carbocycles. The van der Waals surface area contributed by atoms with Crippen LogP contribution in [0.3, 0.4) is 0 Å². The largest absolute Gasteiger partial charge is 0.409 e. The minimum atomic E-state index is -3.16. The fourth-order valence-electron chi connectivity index (χ4n) is 2.00. The van der Waals surface area contributed by atoms with Gasteiger partial charge in [-0.15, -0.1) is 0 Å². The molecule has 0 aromatic carbocycles. The third kappa shape index (κ3) is 3.49. The molecular formula is C9H19N3O3S2. The molecule has 1 aliphatic heterocycles. The van der Waals surface area contributed by atoms with E-state index in [1.54, 1.807) is 11.8 Å². The zero-order chi connectivity index (χ0) is 13.1. The summed E-state index contributed by atoms with van der Waals surface area (Å²) in [5.41, 5.74) is 5.62. The van der Waals surface area contributed by atoms with Gasteiger partial charge in [0.25, 0.3) is 0 Å². The molecule has 3 N–H and O–H groups in total. The van der Waals surface area contributed by atoms with Gasteiger partial charge in [-0.2, -0.15) is 11.8 Å². The first-order chi connectivity index (χ1) is 7.91. The molecular weight excluding hydrogens is 262 g/mol. The van der Waals surface area contributed by atoms with Crippen LogP contribution < -0.4 is 5.73 Å². The van der Waals surface area contributed by atoms with Crippen molar-refractivity contribution in [1.82, 2.24) is 4.90 Å². The van der Waals surface area contributed by atoms with Crippen LogP contribution in [0.4, 0.5) is 0 Å². The number of hydrogen-bond donors (Lipinski definition) is 2. The molecule has 2 unspecified atom stereocenters. The van der Waals surface area contributed by atoms with Gasteiger partial charge >= 0.3 is 0 Å². The van der Waals surface area contributed by atoms with Crippen LogP contribution in [0, 0.1) is 0 Å². The molecule has 1 heterocycles. The van der Waals surface area contributed by atoms with Crippen molar-refractivity contribution in [2.45, 2.75) is 24.8 Å². The summed E-state index contributed by atoms with van der Waals surface area (Å²) in [6.07, 6.45) is 1.85. The zero-order valence-corrected chi connectivity index (χ0v) is 11.7. The van der Waals surface area contributed by atoms with Crippen LogP contribution in [0.25, 0.3) is 0 Å². The first-order valence-electron chi connectivity index (χ1n) is 5.41. The van der Waals surface area contributed by atoms with E-state index in [1.165, 1.54) is 6.26 Å². The average Bonchev–Trinajstić information content (AvgIpc) is 2.29. The molecule has 0 amide bonds. The van der Waals surface area contributed by atoms with Crippen LogP contribution in [-0.4, -0.2) is 60.1 Å². The molecule has 100 valence electrons. The summed E-state index contributed by atoms with van der Waals surface area (Å²) in [6.45, 7) is 2.53. The maximum Gasteiger partial charge on any atom is 0.164 e. The van der Waals surface area contributed by atoms with Gasteiger partial charge in [-0.3, -0.25) is 4.90 Å². The third-order valence-electron chi connectivity index (χ3n) is 2.86. The van der Waals surface area contributed by atoms with E-state index in [9.17, 15) is 8.42 Å². The fraction of sp³-hybridized carbons (Fsp3) is 0.889. The van der Waals surface area contributed by atoms with E-state index in [0.717, 1.165) is 5.75 Å². The lowest BCUT2D eigenvalue weighted by molar-refractivity contribution is 0.224. The summed E-state index contributed by atoms with van der Waals surface area (Å²) in [5.74, 6) is 1.47. The maximum absolute atomic E-state index is 11.7. The Balaban J connectivity index is 2.98. The number of oxime groups is 1. The highest BCUT2D eigenvalue weighted by Crippen LogP contribution is 2.23. The number of thioether (sulfide) groups is 1. The summed E-state index contributed by atoms with van der Waals surface area (Å²) in [5, 5.41) is 11.2. The SMILES string of the molecule is CCC(C(N)=NO)N1CCSCC1S(C)(=O)=O. The van der Waals surface area contributed by atoms with Crippen molar-refractivity contribution in [2.24, 2.45) is 10.9 Å². The number of hydrogen-bond acceptors (Lipinski definition) is 6. The average molecular weight is 281 g/mol. The van der Waals surface area contributed by atoms with Crippen molar-refractivity contribution in [3.05, 3.63) is 0 Å². The molecule has 0 aromatic heterocycles. The molecule has 1 fully saturated rings. The van der Waals surface area contributed by atoms with E-state index in [-0.39, 0.29) is 11.9 Å². The van der Waals surface area contributed by atoms with Crippen LogP contribution >= 0.6 is 11.8 Å². The lowest BCUT2D eigenvalue weighted by Gasteiger charge is -2.38. The first-order valence-corrected chi connectivity index (χ1v) is 8.52. The second-order valence-corrected chi connectivity index (χ2v) is 7.40. The Morgan fingerprint density at radius 2 is 2.35 bits per heavy atom. The highest BCUT2D eigenvalue weighted by Gasteiger charge is 2.36. The molecule has 0 spiro atoms. The fourth-order valence-corrected chi connectivity index (χ4v) is 4.92. The lowest BCUT2D eigenvalue weighted by Crippen LogP contribution is -2.55. The van der Waals surface area contributed by atoms with Crippen molar-refractivity contribution < 1.29 is 13.6 Å². The molecule has 0 radical (unpaired) electrons. The summed E-state index contributed by atoms with van der Waals surface area (Å²) < 4.78 is 23.5. The van der Waals surface area contributed by atoms with Crippen molar-refractivity contribution >= 4 is 27.4 Å². The van der Waals surface area contributed by atoms with E-state index >= 15 is 0 Å². The predicted octanol–water partition coefficient (Wildman–Crippen LogP) is -0.0691. The van der Waals surface area contributed by atoms with Crippen LogP contribution in [0.2, 0.25) is 0 Å². The van der Waals surface area contributed by atoms with Gasteiger partial charge in [0.2, 0.25) is 0 Å². The highest BCUT2D eigenvalue weighted by atomic mass is 32.2. The molecule has 17 heavy (non-hydrogen) atoms. The van der Waals surface area contributed by atoms with Crippen LogP contribution in [0.15, 0.2) is 5.16 Å². The molecule has 6 nitrogen and oxygen atoms in total. The molecule has 1 saturated heterocycles. The highest BCUT2D eigenvalue weighted by molar-refractivity contribution is 8.00. The minimum Gasteiger partial charge on any atom is -0.409 e. The van der Waals surface area contributed by atoms with Crippen LogP contribution in [-0.2, 0) is 9.84 Å². The van der Waals surface area contributed by atoms with E-state index in [2.05, 4.69) is 5.16 Å². The Bertz CT molecular complexity index is 383. The molecule has 0 aromatic rings. The third-order valence-corrected chi connectivity index (χ3v) is 5.52. The summed E-state index contributed by atoms with van der Waals surface area (Å²) >= 11 is 1.62. The molecule has 1 aliphatic rings. The normalized spacial score (nSPS) is 25.8. The van der Waals surface area contributed by atoms with Gasteiger partial charge in [0.05, 0.1) is 6.04 Å². The van der Waals surface area contributed by atoms with Gasteiger partial charge < -0.3 is 10.9 Å². The van der Waals surface area contributed by atoms with Gasteiger partial charge in [0, 0.05) is 24.3 Å². The Kier molecular flexibility index (Phi) is 5.08. The maximum atomic E-state index is 11.7. The van der Waals surface area contributed by atoms with Crippen molar-refractivity contribution in [3.63, 3.8) is 0 Å². The number of nitrogens with two attached hydrogens (primary N) is 1.